The van der Waals surface area contributed by atoms with Crippen LogP contribution in [-0.2, 0) is 0 Å². The average Bonchev–Trinajstić information content (AvgIpc) is 1.98. The fraction of sp³-hybridized carbons (Fsp3) is 0.667. The van der Waals surface area contributed by atoms with Crippen LogP contribution in [0, 0.1) is 0 Å². The molecule has 1 unspecified atom stereocenters. The largest absolute Gasteiger partial charge is 0.381 e. The van der Waals surface area contributed by atoms with Gasteiger partial charge < -0.3 is 5.11 Å². The van der Waals surface area contributed by atoms with E-state index in [1.54, 1.807) is 0 Å². The van der Waals surface area contributed by atoms with Gasteiger partial charge in [0.2, 0.25) is 0 Å². The molecule has 1 nitrogen and oxygen atoms in total. The van der Waals surface area contributed by atoms with Gasteiger partial charge in [0, 0.05) is 0 Å². The molecule has 1 aliphatic rings. The minimum Gasteiger partial charge on any atom is -0.354 e. The van der Waals surface area contributed by atoms with Crippen molar-refractivity contribution in [2.75, 3.05) is 0 Å². The Balaban J connectivity index is 3.36. The molecule has 0 saturated carbocycles. The molecule has 0 spiro atoms. The Morgan fingerprint density at radius 3 is 1.50 bits per heavy atom. The molecule has 0 aromatic carbocycles. The van der Waals surface area contributed by atoms with E-state index in [2.05, 4.69) is 0 Å². The first-order chi connectivity index (χ1) is 5.96. The molecule has 0 amide bonds. The molecule has 1 rings (SSSR count). The van der Waals surface area contributed by atoms with Crippen LogP contribution in [-0.4, -0.2) is 28.7 Å². The highest BCUT2D eigenvalue weighted by molar-refractivity contribution is 5.22. The van der Waals surface area contributed by atoms with Gasteiger partial charge in [-0.2, -0.15) is 26.3 Å². The van der Waals surface area contributed by atoms with Crippen LogP contribution in [0.2, 0.25) is 0 Å². The summed E-state index contributed by atoms with van der Waals surface area (Å²) in [5.41, 5.74) is 0. The number of alkyl halides is 7. The van der Waals surface area contributed by atoms with Crippen molar-refractivity contribution in [3.8, 4) is 0 Å². The summed E-state index contributed by atoms with van der Waals surface area (Å²) in [6.45, 7) is 0. The van der Waals surface area contributed by atoms with Gasteiger partial charge in [-0.1, -0.05) is 0 Å². The third-order valence-electron chi connectivity index (χ3n) is 1.77. The molecule has 0 saturated heterocycles. The number of aliphatic hydroxyl groups is 1. The van der Waals surface area contributed by atoms with Gasteiger partial charge in [-0.3, -0.25) is 0 Å². The summed E-state index contributed by atoms with van der Waals surface area (Å²) in [5.74, 6) is -21.8. The monoisotopic (exact) mass is 224 g/mol. The van der Waals surface area contributed by atoms with Gasteiger partial charge in [0.15, 0.2) is 0 Å². The third-order valence-corrected chi connectivity index (χ3v) is 1.77. The second-order valence-corrected chi connectivity index (χ2v) is 2.78. The zero-order chi connectivity index (χ0) is 11.4. The van der Waals surface area contributed by atoms with Gasteiger partial charge in [-0.25, -0.2) is 4.39 Å². The van der Waals surface area contributed by atoms with Crippen molar-refractivity contribution >= 4 is 0 Å². The Kier molecular flexibility index (Phi) is 1.95. The lowest BCUT2D eigenvalue weighted by molar-refractivity contribution is -0.367. The summed E-state index contributed by atoms with van der Waals surface area (Å²) in [6.07, 6.45) is -1.48. The summed E-state index contributed by atoms with van der Waals surface area (Å²) in [6, 6.07) is 0. The van der Waals surface area contributed by atoms with Crippen LogP contribution in [0.4, 0.5) is 30.7 Å². The maximum atomic E-state index is 12.4. The minimum atomic E-state index is -5.97. The average molecular weight is 224 g/mol. The standard InChI is InChI=1S/C6H3F7O/c7-3(8)1-2-4(9,14)6(12,13)5(3,10)11/h1-2,14H. The number of halogens is 7. The summed E-state index contributed by atoms with van der Waals surface area (Å²) >= 11 is 0. The fourth-order valence-corrected chi connectivity index (χ4v) is 0.854. The highest BCUT2D eigenvalue weighted by Crippen LogP contribution is 2.54. The van der Waals surface area contributed by atoms with E-state index in [0.29, 0.717) is 0 Å². The molecule has 1 atom stereocenters. The third kappa shape index (κ3) is 1.06. The molecule has 0 aliphatic heterocycles. The van der Waals surface area contributed by atoms with E-state index in [0.717, 1.165) is 0 Å². The normalized spacial score (nSPS) is 38.3. The Bertz CT molecular complexity index is 252. The van der Waals surface area contributed by atoms with Crippen molar-refractivity contribution in [3.63, 3.8) is 0 Å². The zero-order valence-electron chi connectivity index (χ0n) is 6.25. The lowest BCUT2D eigenvalue weighted by Crippen LogP contribution is -2.65. The van der Waals surface area contributed by atoms with Crippen LogP contribution < -0.4 is 0 Å². The number of hydrogen-bond donors (Lipinski definition) is 1. The van der Waals surface area contributed by atoms with E-state index >= 15 is 0 Å². The Morgan fingerprint density at radius 1 is 0.714 bits per heavy atom. The SMILES string of the molecule is OC1(F)C=CC(F)(F)C(F)(F)C1(F)F. The van der Waals surface area contributed by atoms with E-state index < -0.39 is 35.8 Å². The van der Waals surface area contributed by atoms with Crippen molar-refractivity contribution in [1.29, 1.82) is 0 Å². The van der Waals surface area contributed by atoms with Crippen LogP contribution in [0.1, 0.15) is 0 Å². The maximum absolute atomic E-state index is 12.4. The molecule has 0 heterocycles. The van der Waals surface area contributed by atoms with Crippen LogP contribution in [0.3, 0.4) is 0 Å². The second-order valence-electron chi connectivity index (χ2n) is 2.78. The molecule has 1 N–H and O–H groups in total. The molecule has 0 fully saturated rings. The minimum absolute atomic E-state index is 0.690. The van der Waals surface area contributed by atoms with E-state index in [1.807, 2.05) is 0 Å². The van der Waals surface area contributed by atoms with E-state index in [1.165, 1.54) is 0 Å². The first kappa shape index (κ1) is 11.3. The number of rotatable bonds is 0. The molecule has 1 aliphatic carbocycles. The first-order valence-electron chi connectivity index (χ1n) is 3.21. The number of allylic oxidation sites excluding steroid dienone is 1. The predicted molar refractivity (Wildman–Crippen MR) is 30.0 cm³/mol. The lowest BCUT2D eigenvalue weighted by atomic mass is 9.91. The first-order valence-corrected chi connectivity index (χ1v) is 3.21. The zero-order valence-corrected chi connectivity index (χ0v) is 6.25. The fourth-order valence-electron chi connectivity index (χ4n) is 0.854. The summed E-state index contributed by atoms with van der Waals surface area (Å²) in [4.78, 5) is 0. The molecular formula is C6H3F7O. The lowest BCUT2D eigenvalue weighted by Gasteiger charge is -2.38. The van der Waals surface area contributed by atoms with Crippen molar-refractivity contribution in [2.45, 2.75) is 23.6 Å². The summed E-state index contributed by atoms with van der Waals surface area (Å²) in [7, 11) is 0. The Morgan fingerprint density at radius 2 is 1.14 bits per heavy atom. The van der Waals surface area contributed by atoms with Gasteiger partial charge in [-0.05, 0) is 12.2 Å². The van der Waals surface area contributed by atoms with Crippen molar-refractivity contribution in [2.24, 2.45) is 0 Å². The highest BCUT2D eigenvalue weighted by Gasteiger charge is 2.80. The molecule has 8 heteroatoms. The van der Waals surface area contributed by atoms with Gasteiger partial charge >= 0.3 is 17.8 Å². The second kappa shape index (κ2) is 2.41. The molecular weight excluding hydrogens is 221 g/mol. The van der Waals surface area contributed by atoms with E-state index in [4.69, 9.17) is 5.11 Å². The van der Waals surface area contributed by atoms with Gasteiger partial charge in [0.05, 0.1) is 0 Å². The number of hydrogen-bond acceptors (Lipinski definition) is 1. The maximum Gasteiger partial charge on any atom is 0.381 e. The van der Waals surface area contributed by atoms with Crippen LogP contribution in [0.15, 0.2) is 12.2 Å². The predicted octanol–water partition coefficient (Wildman–Crippen LogP) is 2.12. The summed E-state index contributed by atoms with van der Waals surface area (Å²) in [5, 5.41) is 8.15. The van der Waals surface area contributed by atoms with Gasteiger partial charge in [0.25, 0.3) is 5.85 Å². The quantitative estimate of drug-likeness (QED) is 0.493. The summed E-state index contributed by atoms with van der Waals surface area (Å²) < 4.78 is 86.2. The van der Waals surface area contributed by atoms with Gasteiger partial charge in [0.1, 0.15) is 0 Å². The topological polar surface area (TPSA) is 20.2 Å². The van der Waals surface area contributed by atoms with Gasteiger partial charge in [-0.15, -0.1) is 0 Å². The Hall–Kier alpha value is -0.790. The molecule has 0 radical (unpaired) electrons. The molecule has 0 bridgehead atoms. The molecule has 0 aromatic heterocycles. The van der Waals surface area contributed by atoms with Crippen LogP contribution in [0.5, 0.6) is 0 Å². The van der Waals surface area contributed by atoms with E-state index in [9.17, 15) is 30.7 Å². The van der Waals surface area contributed by atoms with Crippen LogP contribution >= 0.6 is 0 Å². The molecule has 0 aromatic rings. The molecule has 82 valence electrons. The van der Waals surface area contributed by atoms with Crippen molar-refractivity contribution < 1.29 is 35.8 Å². The Labute approximate surface area is 72.8 Å². The van der Waals surface area contributed by atoms with Crippen LogP contribution in [0.25, 0.3) is 0 Å². The van der Waals surface area contributed by atoms with Crippen molar-refractivity contribution in [1.82, 2.24) is 0 Å². The van der Waals surface area contributed by atoms with Crippen molar-refractivity contribution in [3.05, 3.63) is 12.2 Å². The van der Waals surface area contributed by atoms with E-state index in [-0.39, 0.29) is 0 Å². The smallest absolute Gasteiger partial charge is 0.354 e. The highest BCUT2D eigenvalue weighted by atomic mass is 19.3. The molecule has 14 heavy (non-hydrogen) atoms.